The zero-order chi connectivity index (χ0) is 21.5. The van der Waals surface area contributed by atoms with Gasteiger partial charge < -0.3 is 4.74 Å². The molecule has 4 rings (SSSR count). The van der Waals surface area contributed by atoms with Crippen LogP contribution in [0.15, 0.2) is 47.4 Å². The lowest BCUT2D eigenvalue weighted by Gasteiger charge is -2.30. The molecule has 30 heavy (non-hydrogen) atoms. The third-order valence-corrected chi connectivity index (χ3v) is 7.60. The molecule has 0 bridgehead atoms. The lowest BCUT2D eigenvalue weighted by atomic mass is 10.1. The number of aromatic nitrogens is 1. The summed E-state index contributed by atoms with van der Waals surface area (Å²) in [5.74, 6) is -0.370. The quantitative estimate of drug-likeness (QED) is 0.531. The van der Waals surface area contributed by atoms with E-state index in [4.69, 9.17) is 4.74 Å². The molecule has 1 saturated heterocycles. The molecule has 0 amide bonds. The lowest BCUT2D eigenvalue weighted by Crippen LogP contribution is -2.41. The van der Waals surface area contributed by atoms with E-state index in [1.54, 1.807) is 6.07 Å². The first kappa shape index (κ1) is 21.0. The van der Waals surface area contributed by atoms with Crippen molar-refractivity contribution in [3.8, 4) is 5.19 Å². The molecule has 0 N–H and O–H groups in total. The molecule has 0 unspecified atom stereocenters. The number of hydrogen-bond acceptors (Lipinski definition) is 5. The Morgan fingerprint density at radius 2 is 1.83 bits per heavy atom. The van der Waals surface area contributed by atoms with Gasteiger partial charge in [0.05, 0.1) is 20.7 Å². The number of alkyl halides is 3. The topological polar surface area (TPSA) is 59.5 Å². The molecule has 0 saturated carbocycles. The van der Waals surface area contributed by atoms with Crippen molar-refractivity contribution in [2.24, 2.45) is 0 Å². The van der Waals surface area contributed by atoms with Gasteiger partial charge in [0.2, 0.25) is 10.0 Å². The molecule has 0 atom stereocenters. The van der Waals surface area contributed by atoms with Crippen molar-refractivity contribution in [3.63, 3.8) is 0 Å². The Morgan fingerprint density at radius 3 is 2.53 bits per heavy atom. The SMILES string of the molecule is O=S(=O)(c1cccc(C(F)(F)F)c1)N1CCC(Oc2nc3ccc(F)cc3s2)CC1. The van der Waals surface area contributed by atoms with Crippen LogP contribution >= 0.6 is 11.3 Å². The number of piperidine rings is 1. The molecule has 1 fully saturated rings. The minimum absolute atomic E-state index is 0.114. The fourth-order valence-corrected chi connectivity index (χ4v) is 5.66. The van der Waals surface area contributed by atoms with Crippen LogP contribution in [-0.4, -0.2) is 36.9 Å². The molecule has 1 aromatic heterocycles. The molecule has 1 aliphatic rings. The number of hydrogen-bond donors (Lipinski definition) is 0. The molecular weight excluding hydrogens is 444 g/mol. The van der Waals surface area contributed by atoms with Gasteiger partial charge in [-0.3, -0.25) is 0 Å². The van der Waals surface area contributed by atoms with Crippen LogP contribution in [0.25, 0.3) is 10.2 Å². The molecule has 0 radical (unpaired) electrons. The van der Waals surface area contributed by atoms with Crippen molar-refractivity contribution in [1.29, 1.82) is 0 Å². The van der Waals surface area contributed by atoms with E-state index in [1.807, 2.05) is 0 Å². The largest absolute Gasteiger partial charge is 0.467 e. The second-order valence-corrected chi connectivity index (χ2v) is 9.77. The van der Waals surface area contributed by atoms with Gasteiger partial charge in [-0.15, -0.1) is 0 Å². The summed E-state index contributed by atoms with van der Waals surface area (Å²) in [6.45, 7) is 0.228. The molecule has 11 heteroatoms. The van der Waals surface area contributed by atoms with Crippen LogP contribution in [0.5, 0.6) is 5.19 Å². The van der Waals surface area contributed by atoms with Gasteiger partial charge in [0, 0.05) is 13.1 Å². The van der Waals surface area contributed by atoms with Gasteiger partial charge in [0.15, 0.2) is 0 Å². The minimum Gasteiger partial charge on any atom is -0.467 e. The maximum Gasteiger partial charge on any atom is 0.416 e. The molecule has 160 valence electrons. The fourth-order valence-electron chi connectivity index (χ4n) is 3.24. The highest BCUT2D eigenvalue weighted by Crippen LogP contribution is 2.33. The second-order valence-electron chi connectivity index (χ2n) is 6.84. The second kappa shape index (κ2) is 7.78. The molecule has 1 aliphatic heterocycles. The van der Waals surface area contributed by atoms with Crippen molar-refractivity contribution in [2.75, 3.05) is 13.1 Å². The highest BCUT2D eigenvalue weighted by molar-refractivity contribution is 7.89. The Balaban J connectivity index is 1.43. The van der Waals surface area contributed by atoms with E-state index in [-0.39, 0.29) is 29.9 Å². The summed E-state index contributed by atoms with van der Waals surface area (Å²) < 4.78 is 85.2. The number of benzene rings is 2. The summed E-state index contributed by atoms with van der Waals surface area (Å²) in [6.07, 6.45) is -4.18. The Hall–Kier alpha value is -2.24. The van der Waals surface area contributed by atoms with E-state index in [0.717, 1.165) is 22.5 Å². The van der Waals surface area contributed by atoms with Gasteiger partial charge in [0.25, 0.3) is 5.19 Å². The van der Waals surface area contributed by atoms with Gasteiger partial charge in [-0.2, -0.15) is 17.5 Å². The van der Waals surface area contributed by atoms with E-state index in [1.165, 1.54) is 23.5 Å². The monoisotopic (exact) mass is 460 g/mol. The van der Waals surface area contributed by atoms with Crippen molar-refractivity contribution in [2.45, 2.75) is 30.0 Å². The normalized spacial score (nSPS) is 16.8. The Morgan fingerprint density at radius 1 is 1.10 bits per heavy atom. The van der Waals surface area contributed by atoms with Crippen molar-refractivity contribution in [1.82, 2.24) is 9.29 Å². The van der Waals surface area contributed by atoms with Gasteiger partial charge in [0.1, 0.15) is 11.9 Å². The number of sulfonamides is 1. The fraction of sp³-hybridized carbons (Fsp3) is 0.316. The average molecular weight is 460 g/mol. The van der Waals surface area contributed by atoms with Crippen molar-refractivity contribution >= 4 is 31.6 Å². The van der Waals surface area contributed by atoms with Crippen LogP contribution < -0.4 is 4.74 Å². The van der Waals surface area contributed by atoms with Gasteiger partial charge in [-0.25, -0.2) is 17.8 Å². The number of thiazole rings is 1. The Bertz CT molecular complexity index is 1170. The predicted molar refractivity (Wildman–Crippen MR) is 103 cm³/mol. The molecular formula is C19H16F4N2O3S2. The van der Waals surface area contributed by atoms with Crippen LogP contribution in [0.2, 0.25) is 0 Å². The molecule has 2 aromatic carbocycles. The van der Waals surface area contributed by atoms with E-state index in [9.17, 15) is 26.0 Å². The predicted octanol–water partition coefficient (Wildman–Crippen LogP) is 4.69. The summed E-state index contributed by atoms with van der Waals surface area (Å²) in [4.78, 5) is 3.90. The third-order valence-electron chi connectivity index (χ3n) is 4.80. The average Bonchev–Trinajstić information content (AvgIpc) is 3.09. The Kier molecular flexibility index (Phi) is 5.45. The molecule has 3 aromatic rings. The van der Waals surface area contributed by atoms with Crippen LogP contribution in [0.4, 0.5) is 17.6 Å². The number of ether oxygens (including phenoxy) is 1. The lowest BCUT2D eigenvalue weighted by molar-refractivity contribution is -0.137. The molecule has 5 nitrogen and oxygen atoms in total. The first-order valence-corrected chi connectivity index (χ1v) is 11.3. The number of halogens is 4. The maximum atomic E-state index is 13.3. The standard InChI is InChI=1S/C19H16F4N2O3S2/c20-13-4-5-16-17(11-13)29-18(24-16)28-14-6-8-25(9-7-14)30(26,27)15-3-1-2-12(10-15)19(21,22)23/h1-5,10-11,14H,6-9H2. The zero-order valence-electron chi connectivity index (χ0n) is 15.4. The van der Waals surface area contributed by atoms with Gasteiger partial charge in [-0.05, 0) is 49.2 Å². The van der Waals surface area contributed by atoms with Gasteiger partial charge >= 0.3 is 6.18 Å². The molecule has 0 spiro atoms. The van der Waals surface area contributed by atoms with E-state index >= 15 is 0 Å². The summed E-state index contributed by atoms with van der Waals surface area (Å²) in [5, 5.41) is 0.370. The van der Waals surface area contributed by atoms with Gasteiger partial charge in [-0.1, -0.05) is 17.4 Å². The van der Waals surface area contributed by atoms with Crippen LogP contribution in [0.1, 0.15) is 18.4 Å². The zero-order valence-corrected chi connectivity index (χ0v) is 17.0. The highest BCUT2D eigenvalue weighted by Gasteiger charge is 2.34. The number of rotatable bonds is 4. The van der Waals surface area contributed by atoms with Crippen molar-refractivity contribution in [3.05, 3.63) is 53.8 Å². The first-order valence-electron chi connectivity index (χ1n) is 9.03. The smallest absolute Gasteiger partial charge is 0.416 e. The minimum atomic E-state index is -4.62. The Labute approximate surface area is 174 Å². The summed E-state index contributed by atoms with van der Waals surface area (Å²) >= 11 is 1.20. The van der Waals surface area contributed by atoms with Crippen LogP contribution in [0, 0.1) is 5.82 Å². The maximum absolute atomic E-state index is 13.3. The van der Waals surface area contributed by atoms with E-state index in [2.05, 4.69) is 4.98 Å². The summed E-state index contributed by atoms with van der Waals surface area (Å²) in [7, 11) is -4.04. The summed E-state index contributed by atoms with van der Waals surface area (Å²) in [6, 6.07) is 7.96. The van der Waals surface area contributed by atoms with Crippen LogP contribution in [0.3, 0.4) is 0 Å². The van der Waals surface area contributed by atoms with E-state index < -0.39 is 21.8 Å². The summed E-state index contributed by atoms with van der Waals surface area (Å²) in [5.41, 5.74) is -0.393. The molecule has 0 aliphatic carbocycles. The first-order chi connectivity index (χ1) is 14.1. The third kappa shape index (κ3) is 4.28. The van der Waals surface area contributed by atoms with Crippen LogP contribution in [-0.2, 0) is 16.2 Å². The van der Waals surface area contributed by atoms with E-state index in [0.29, 0.717) is 34.3 Å². The van der Waals surface area contributed by atoms with Crippen molar-refractivity contribution < 1.29 is 30.7 Å². The number of nitrogens with zero attached hydrogens (tertiary/aromatic N) is 2. The highest BCUT2D eigenvalue weighted by atomic mass is 32.2. The number of fused-ring (bicyclic) bond motifs is 1. The molecule has 2 heterocycles.